The van der Waals surface area contributed by atoms with Crippen molar-refractivity contribution < 1.29 is 22.7 Å². The fraction of sp³-hybridized carbons (Fsp3) is 0.261. The van der Waals surface area contributed by atoms with Crippen LogP contribution < -0.4 is 10.2 Å². The van der Waals surface area contributed by atoms with E-state index in [4.69, 9.17) is 4.74 Å². The van der Waals surface area contributed by atoms with Crippen LogP contribution in [0.25, 0.3) is 5.69 Å². The number of para-hydroxylation sites is 1. The summed E-state index contributed by atoms with van der Waals surface area (Å²) in [6.45, 7) is 2.22. The van der Waals surface area contributed by atoms with Gasteiger partial charge in [0.25, 0.3) is 5.91 Å². The zero-order valence-electron chi connectivity index (χ0n) is 17.6. The molecule has 0 aliphatic rings. The standard InChI is InChI=1S/C23H22F3N3O3/c1-16-14-20(30)21(27-29(16)18-9-6-8-17(15-18)23(24,25)26)22(31)28(2)12-7-13-32-19-10-4-3-5-11-19/h3-6,8-11,14-15H,7,12-13H2,1-2H3. The van der Waals surface area contributed by atoms with E-state index < -0.39 is 23.1 Å². The van der Waals surface area contributed by atoms with Crippen molar-refractivity contribution >= 4 is 5.91 Å². The van der Waals surface area contributed by atoms with Crippen molar-refractivity contribution in [3.8, 4) is 11.4 Å². The molecular formula is C23H22F3N3O3. The minimum atomic E-state index is -4.52. The molecule has 0 bridgehead atoms. The summed E-state index contributed by atoms with van der Waals surface area (Å²) in [6.07, 6.45) is -4.01. The summed E-state index contributed by atoms with van der Waals surface area (Å²) >= 11 is 0. The molecule has 0 aliphatic carbocycles. The maximum Gasteiger partial charge on any atom is 0.416 e. The molecule has 0 saturated heterocycles. The number of aromatic nitrogens is 2. The largest absolute Gasteiger partial charge is 0.494 e. The smallest absolute Gasteiger partial charge is 0.416 e. The van der Waals surface area contributed by atoms with Crippen molar-refractivity contribution in [2.24, 2.45) is 0 Å². The number of nitrogens with zero attached hydrogens (tertiary/aromatic N) is 3. The van der Waals surface area contributed by atoms with Crippen molar-refractivity contribution in [3.05, 3.63) is 87.8 Å². The second kappa shape index (κ2) is 9.67. The summed E-state index contributed by atoms with van der Waals surface area (Å²) in [4.78, 5) is 26.5. The molecule has 2 aromatic carbocycles. The van der Waals surface area contributed by atoms with Gasteiger partial charge < -0.3 is 9.64 Å². The van der Waals surface area contributed by atoms with Crippen molar-refractivity contribution in [2.45, 2.75) is 19.5 Å². The van der Waals surface area contributed by atoms with E-state index >= 15 is 0 Å². The number of rotatable bonds is 7. The van der Waals surface area contributed by atoms with Crippen LogP contribution in [0, 0.1) is 6.92 Å². The molecule has 1 heterocycles. The molecule has 0 N–H and O–H groups in total. The van der Waals surface area contributed by atoms with Crippen LogP contribution in [0.15, 0.2) is 65.5 Å². The monoisotopic (exact) mass is 445 g/mol. The Hall–Kier alpha value is -3.62. The topological polar surface area (TPSA) is 64.4 Å². The lowest BCUT2D eigenvalue weighted by Crippen LogP contribution is -2.34. The minimum Gasteiger partial charge on any atom is -0.494 e. The maximum atomic E-state index is 13.1. The van der Waals surface area contributed by atoms with Gasteiger partial charge >= 0.3 is 6.18 Å². The van der Waals surface area contributed by atoms with Crippen molar-refractivity contribution in [3.63, 3.8) is 0 Å². The fourth-order valence-electron chi connectivity index (χ4n) is 3.06. The highest BCUT2D eigenvalue weighted by atomic mass is 19.4. The molecule has 0 radical (unpaired) electrons. The van der Waals surface area contributed by atoms with E-state index in [9.17, 15) is 22.8 Å². The lowest BCUT2D eigenvalue weighted by atomic mass is 10.2. The van der Waals surface area contributed by atoms with Gasteiger partial charge in [0, 0.05) is 25.4 Å². The Morgan fingerprint density at radius 2 is 1.81 bits per heavy atom. The van der Waals surface area contributed by atoms with E-state index in [1.807, 2.05) is 30.3 Å². The van der Waals surface area contributed by atoms with Gasteiger partial charge in [-0.15, -0.1) is 0 Å². The van der Waals surface area contributed by atoms with Crippen LogP contribution in [0.2, 0.25) is 0 Å². The zero-order chi connectivity index (χ0) is 23.3. The second-order valence-electron chi connectivity index (χ2n) is 7.20. The maximum absolute atomic E-state index is 13.1. The van der Waals surface area contributed by atoms with Crippen molar-refractivity contribution in [2.75, 3.05) is 20.2 Å². The second-order valence-corrected chi connectivity index (χ2v) is 7.20. The minimum absolute atomic E-state index is 0.102. The first-order chi connectivity index (χ1) is 15.2. The lowest BCUT2D eigenvalue weighted by molar-refractivity contribution is -0.137. The van der Waals surface area contributed by atoms with Gasteiger partial charge in [-0.25, -0.2) is 4.68 Å². The molecule has 32 heavy (non-hydrogen) atoms. The Bertz CT molecular complexity index is 1140. The van der Waals surface area contributed by atoms with Gasteiger partial charge in [0.1, 0.15) is 5.75 Å². The first-order valence-electron chi connectivity index (χ1n) is 9.89. The predicted octanol–water partition coefficient (Wildman–Crippen LogP) is 4.10. The number of ether oxygens (including phenoxy) is 1. The van der Waals surface area contributed by atoms with Gasteiger partial charge in [0.05, 0.1) is 17.9 Å². The highest BCUT2D eigenvalue weighted by Gasteiger charge is 2.30. The van der Waals surface area contributed by atoms with Crippen LogP contribution in [0.3, 0.4) is 0 Å². The average molecular weight is 445 g/mol. The molecule has 0 unspecified atom stereocenters. The molecule has 0 spiro atoms. The Morgan fingerprint density at radius 1 is 1.09 bits per heavy atom. The molecule has 0 atom stereocenters. The number of aryl methyl sites for hydroxylation is 1. The van der Waals surface area contributed by atoms with Gasteiger partial charge in [-0.3, -0.25) is 9.59 Å². The quantitative estimate of drug-likeness (QED) is 0.514. The Balaban J connectivity index is 1.75. The van der Waals surface area contributed by atoms with E-state index in [-0.39, 0.29) is 11.4 Å². The number of hydrogen-bond acceptors (Lipinski definition) is 4. The first kappa shape index (κ1) is 23.1. The number of carbonyl (C=O) groups is 1. The number of benzene rings is 2. The number of alkyl halides is 3. The summed E-state index contributed by atoms with van der Waals surface area (Å²) in [5, 5.41) is 4.08. The SMILES string of the molecule is Cc1cc(=O)c(C(=O)N(C)CCCOc2ccccc2)nn1-c1cccc(C(F)(F)F)c1. The number of amides is 1. The van der Waals surface area contributed by atoms with Gasteiger partial charge in [-0.2, -0.15) is 18.3 Å². The summed E-state index contributed by atoms with van der Waals surface area (Å²) in [7, 11) is 1.53. The summed E-state index contributed by atoms with van der Waals surface area (Å²) in [5.41, 5.74) is -1.39. The molecule has 0 fully saturated rings. The van der Waals surface area contributed by atoms with Crippen LogP contribution in [0.4, 0.5) is 13.2 Å². The van der Waals surface area contributed by atoms with E-state index in [1.54, 1.807) is 0 Å². The predicted molar refractivity (Wildman–Crippen MR) is 113 cm³/mol. The van der Waals surface area contributed by atoms with Gasteiger partial charge in [0.2, 0.25) is 5.43 Å². The Labute approximate surface area is 182 Å². The molecule has 0 saturated carbocycles. The molecule has 3 rings (SSSR count). The molecule has 1 amide bonds. The summed E-state index contributed by atoms with van der Waals surface area (Å²) in [6, 6.07) is 14.9. The molecular weight excluding hydrogens is 423 g/mol. The number of hydrogen-bond donors (Lipinski definition) is 0. The van der Waals surface area contributed by atoms with E-state index in [0.29, 0.717) is 31.0 Å². The fourth-order valence-corrected chi connectivity index (χ4v) is 3.06. The molecule has 0 aliphatic heterocycles. The van der Waals surface area contributed by atoms with Crippen LogP contribution >= 0.6 is 0 Å². The van der Waals surface area contributed by atoms with Crippen molar-refractivity contribution in [1.82, 2.24) is 14.7 Å². The van der Waals surface area contributed by atoms with E-state index in [2.05, 4.69) is 5.10 Å². The number of carbonyl (C=O) groups excluding carboxylic acids is 1. The average Bonchev–Trinajstić information content (AvgIpc) is 2.76. The first-order valence-corrected chi connectivity index (χ1v) is 9.89. The molecule has 168 valence electrons. The highest BCUT2D eigenvalue weighted by Crippen LogP contribution is 2.30. The Kier molecular flexibility index (Phi) is 6.97. The van der Waals surface area contributed by atoms with Crippen LogP contribution in [-0.4, -0.2) is 40.8 Å². The third-order valence-corrected chi connectivity index (χ3v) is 4.72. The summed E-state index contributed by atoms with van der Waals surface area (Å²) in [5.74, 6) is 0.0982. The highest BCUT2D eigenvalue weighted by molar-refractivity contribution is 5.91. The van der Waals surface area contributed by atoms with E-state index in [0.717, 1.165) is 16.8 Å². The third kappa shape index (κ3) is 5.54. The molecule has 9 heteroatoms. The summed E-state index contributed by atoms with van der Waals surface area (Å²) < 4.78 is 45.9. The Morgan fingerprint density at radius 3 is 2.50 bits per heavy atom. The van der Waals surface area contributed by atoms with Gasteiger partial charge in [0.15, 0.2) is 5.69 Å². The molecule has 6 nitrogen and oxygen atoms in total. The lowest BCUT2D eigenvalue weighted by Gasteiger charge is -2.18. The van der Waals surface area contributed by atoms with Gasteiger partial charge in [-0.05, 0) is 43.7 Å². The normalized spacial score (nSPS) is 11.3. The van der Waals surface area contributed by atoms with Crippen LogP contribution in [0.1, 0.15) is 28.2 Å². The van der Waals surface area contributed by atoms with Crippen LogP contribution in [-0.2, 0) is 6.18 Å². The van der Waals surface area contributed by atoms with Gasteiger partial charge in [-0.1, -0.05) is 24.3 Å². The van der Waals surface area contributed by atoms with E-state index in [1.165, 1.54) is 37.1 Å². The molecule has 3 aromatic rings. The molecule has 1 aromatic heterocycles. The number of halogens is 3. The third-order valence-electron chi connectivity index (χ3n) is 4.72. The zero-order valence-corrected chi connectivity index (χ0v) is 17.6. The van der Waals surface area contributed by atoms with Crippen molar-refractivity contribution in [1.29, 1.82) is 0 Å². The van der Waals surface area contributed by atoms with Crippen LogP contribution in [0.5, 0.6) is 5.75 Å².